The lowest BCUT2D eigenvalue weighted by atomic mass is 10.1. The standard InChI is InChI=1S/C21H30O5/c1-16(8-6-11-21(2,3)23)10-13-26-20-18(24-4)14-17(9-7-12-22)15-19(20)25-5/h6-7,9-11,14-15,22-23H,8,12-13H2,1-5H3. The summed E-state index contributed by atoms with van der Waals surface area (Å²) >= 11 is 0. The molecule has 0 bridgehead atoms. The summed E-state index contributed by atoms with van der Waals surface area (Å²) in [6.45, 7) is 5.83. The molecule has 2 N–H and O–H groups in total. The molecule has 26 heavy (non-hydrogen) atoms. The van der Waals surface area contributed by atoms with Gasteiger partial charge < -0.3 is 24.4 Å². The number of methoxy groups -OCH3 is 2. The molecule has 0 spiro atoms. The summed E-state index contributed by atoms with van der Waals surface area (Å²) in [5.41, 5.74) is 1.18. The highest BCUT2D eigenvalue weighted by molar-refractivity contribution is 5.62. The molecule has 0 atom stereocenters. The van der Waals surface area contributed by atoms with Gasteiger partial charge in [0.05, 0.1) is 26.4 Å². The number of hydrogen-bond donors (Lipinski definition) is 2. The van der Waals surface area contributed by atoms with Crippen molar-refractivity contribution >= 4 is 6.08 Å². The number of allylic oxidation sites excluding steroid dienone is 2. The predicted molar refractivity (Wildman–Crippen MR) is 105 cm³/mol. The van der Waals surface area contributed by atoms with Gasteiger partial charge in [-0.2, -0.15) is 0 Å². The molecule has 1 aromatic rings. The Kier molecular flexibility index (Phi) is 8.96. The zero-order valence-electron chi connectivity index (χ0n) is 16.3. The van der Waals surface area contributed by atoms with E-state index in [0.29, 0.717) is 23.9 Å². The average molecular weight is 362 g/mol. The average Bonchev–Trinajstić information content (AvgIpc) is 2.58. The van der Waals surface area contributed by atoms with Crippen LogP contribution in [0.3, 0.4) is 0 Å². The van der Waals surface area contributed by atoms with Crippen LogP contribution in [0.5, 0.6) is 17.2 Å². The van der Waals surface area contributed by atoms with Gasteiger partial charge in [-0.25, -0.2) is 0 Å². The van der Waals surface area contributed by atoms with Gasteiger partial charge >= 0.3 is 0 Å². The third kappa shape index (κ3) is 7.76. The van der Waals surface area contributed by atoms with Crippen LogP contribution < -0.4 is 14.2 Å². The van der Waals surface area contributed by atoms with Crippen LogP contribution in [0.15, 0.2) is 42.0 Å². The Hall–Kier alpha value is -2.24. The fraction of sp³-hybridized carbons (Fsp3) is 0.429. The maximum absolute atomic E-state index is 9.67. The first-order valence-corrected chi connectivity index (χ1v) is 8.52. The van der Waals surface area contributed by atoms with Gasteiger partial charge in [0.25, 0.3) is 0 Å². The Balaban J connectivity index is 2.84. The van der Waals surface area contributed by atoms with E-state index in [1.165, 1.54) is 0 Å². The Bertz CT molecular complexity index is 626. The van der Waals surface area contributed by atoms with Gasteiger partial charge in [-0.05, 0) is 51.0 Å². The monoisotopic (exact) mass is 362 g/mol. The molecule has 0 aliphatic rings. The molecule has 0 fully saturated rings. The molecule has 0 amide bonds. The van der Waals surface area contributed by atoms with Crippen molar-refractivity contribution in [1.82, 2.24) is 0 Å². The van der Waals surface area contributed by atoms with Crippen LogP contribution >= 0.6 is 0 Å². The van der Waals surface area contributed by atoms with Crippen molar-refractivity contribution in [3.8, 4) is 17.2 Å². The molecule has 5 nitrogen and oxygen atoms in total. The van der Waals surface area contributed by atoms with E-state index < -0.39 is 5.60 Å². The summed E-state index contributed by atoms with van der Waals surface area (Å²) in [5.74, 6) is 1.66. The molecule has 0 heterocycles. The smallest absolute Gasteiger partial charge is 0.203 e. The molecule has 0 saturated carbocycles. The molecular weight excluding hydrogens is 332 g/mol. The largest absolute Gasteiger partial charge is 0.493 e. The summed E-state index contributed by atoms with van der Waals surface area (Å²) in [6, 6.07) is 3.65. The molecular formula is C21H30O5. The molecule has 0 aliphatic carbocycles. The Morgan fingerprint density at radius 2 is 1.73 bits per heavy atom. The quantitative estimate of drug-likeness (QED) is 0.621. The number of hydrogen-bond acceptors (Lipinski definition) is 5. The Morgan fingerprint density at radius 3 is 2.23 bits per heavy atom. The van der Waals surface area contributed by atoms with E-state index in [9.17, 15) is 5.11 Å². The van der Waals surface area contributed by atoms with Crippen molar-refractivity contribution in [2.45, 2.75) is 32.8 Å². The van der Waals surface area contributed by atoms with E-state index in [0.717, 1.165) is 17.6 Å². The van der Waals surface area contributed by atoms with Crippen molar-refractivity contribution in [3.05, 3.63) is 47.6 Å². The lowest BCUT2D eigenvalue weighted by Gasteiger charge is -2.15. The summed E-state index contributed by atoms with van der Waals surface area (Å²) < 4.78 is 16.7. The Labute approximate surface area is 156 Å². The molecule has 144 valence electrons. The molecule has 1 aromatic carbocycles. The first kappa shape index (κ1) is 21.8. The first-order valence-electron chi connectivity index (χ1n) is 8.52. The topological polar surface area (TPSA) is 68.2 Å². The Morgan fingerprint density at radius 1 is 1.12 bits per heavy atom. The highest BCUT2D eigenvalue weighted by Crippen LogP contribution is 2.39. The lowest BCUT2D eigenvalue weighted by Crippen LogP contribution is -2.13. The summed E-state index contributed by atoms with van der Waals surface area (Å²) in [4.78, 5) is 0. The molecule has 0 aromatic heterocycles. The highest BCUT2D eigenvalue weighted by Gasteiger charge is 2.13. The SMILES string of the molecule is COc1cc(C=CCO)cc(OC)c1OCC=C(C)CC=CC(C)(C)O. The second-order valence-corrected chi connectivity index (χ2v) is 6.46. The normalized spacial score (nSPS) is 12.8. The van der Waals surface area contributed by atoms with Crippen molar-refractivity contribution < 1.29 is 24.4 Å². The first-order chi connectivity index (χ1) is 12.3. The minimum Gasteiger partial charge on any atom is -0.493 e. The van der Waals surface area contributed by atoms with Crippen LogP contribution in [-0.2, 0) is 0 Å². The fourth-order valence-corrected chi connectivity index (χ4v) is 2.21. The molecule has 0 aliphatic heterocycles. The van der Waals surface area contributed by atoms with Gasteiger partial charge in [-0.15, -0.1) is 0 Å². The zero-order valence-corrected chi connectivity index (χ0v) is 16.3. The minimum absolute atomic E-state index is 0.0329. The predicted octanol–water partition coefficient (Wildman–Crippen LogP) is 3.75. The van der Waals surface area contributed by atoms with Crippen LogP contribution in [0.4, 0.5) is 0 Å². The van der Waals surface area contributed by atoms with Crippen LogP contribution in [0, 0.1) is 0 Å². The third-order valence-corrected chi connectivity index (χ3v) is 3.52. The van der Waals surface area contributed by atoms with Gasteiger partial charge in [-0.1, -0.05) is 29.9 Å². The van der Waals surface area contributed by atoms with Crippen molar-refractivity contribution in [1.29, 1.82) is 0 Å². The van der Waals surface area contributed by atoms with E-state index >= 15 is 0 Å². The number of ether oxygens (including phenoxy) is 3. The van der Waals surface area contributed by atoms with Crippen molar-refractivity contribution in [3.63, 3.8) is 0 Å². The number of aliphatic hydroxyl groups excluding tert-OH is 1. The van der Waals surface area contributed by atoms with Gasteiger partial charge in [0.2, 0.25) is 5.75 Å². The number of rotatable bonds is 10. The third-order valence-electron chi connectivity index (χ3n) is 3.52. The lowest BCUT2D eigenvalue weighted by molar-refractivity contribution is 0.133. The van der Waals surface area contributed by atoms with E-state index in [4.69, 9.17) is 19.3 Å². The van der Waals surface area contributed by atoms with E-state index in [2.05, 4.69) is 0 Å². The van der Waals surface area contributed by atoms with Gasteiger partial charge in [0.15, 0.2) is 11.5 Å². The summed E-state index contributed by atoms with van der Waals surface area (Å²) in [5, 5.41) is 18.6. The van der Waals surface area contributed by atoms with E-state index in [1.54, 1.807) is 46.3 Å². The van der Waals surface area contributed by atoms with Gasteiger partial charge in [0.1, 0.15) is 6.61 Å². The number of benzene rings is 1. The summed E-state index contributed by atoms with van der Waals surface area (Å²) in [7, 11) is 3.15. The van der Waals surface area contributed by atoms with Gasteiger partial charge in [-0.3, -0.25) is 0 Å². The van der Waals surface area contributed by atoms with Crippen LogP contribution in [-0.4, -0.2) is 43.2 Å². The molecule has 0 radical (unpaired) electrons. The van der Waals surface area contributed by atoms with Gasteiger partial charge in [0, 0.05) is 0 Å². The molecule has 0 saturated heterocycles. The number of aliphatic hydroxyl groups is 2. The van der Waals surface area contributed by atoms with E-state index in [-0.39, 0.29) is 6.61 Å². The van der Waals surface area contributed by atoms with E-state index in [1.807, 2.05) is 31.2 Å². The summed E-state index contributed by atoms with van der Waals surface area (Å²) in [6.07, 6.45) is 9.86. The maximum atomic E-state index is 9.67. The second kappa shape index (κ2) is 10.7. The van der Waals surface area contributed by atoms with Crippen LogP contribution in [0.25, 0.3) is 6.08 Å². The van der Waals surface area contributed by atoms with Crippen LogP contribution in [0.1, 0.15) is 32.8 Å². The molecule has 5 heteroatoms. The second-order valence-electron chi connectivity index (χ2n) is 6.46. The fourth-order valence-electron chi connectivity index (χ4n) is 2.21. The maximum Gasteiger partial charge on any atom is 0.203 e. The van der Waals surface area contributed by atoms with Crippen molar-refractivity contribution in [2.24, 2.45) is 0 Å². The van der Waals surface area contributed by atoms with Crippen molar-refractivity contribution in [2.75, 3.05) is 27.4 Å². The van der Waals surface area contributed by atoms with Crippen LogP contribution in [0.2, 0.25) is 0 Å². The molecule has 1 rings (SSSR count). The highest BCUT2D eigenvalue weighted by atomic mass is 16.5. The molecule has 0 unspecified atom stereocenters. The zero-order chi connectivity index (χ0) is 19.6. The minimum atomic E-state index is -0.802.